The minimum absolute atomic E-state index is 0.0180. The third kappa shape index (κ3) is 4.17. The first-order valence-corrected chi connectivity index (χ1v) is 6.67. The summed E-state index contributed by atoms with van der Waals surface area (Å²) in [5.41, 5.74) is 7.66. The lowest BCUT2D eigenvalue weighted by Crippen LogP contribution is -2.27. The van der Waals surface area contributed by atoms with Gasteiger partial charge in [0.05, 0.1) is 12.6 Å². The van der Waals surface area contributed by atoms with Crippen molar-refractivity contribution < 1.29 is 4.79 Å². The number of benzene rings is 1. The van der Waals surface area contributed by atoms with Crippen LogP contribution < -0.4 is 11.1 Å². The zero-order chi connectivity index (χ0) is 14.2. The number of nitrogens with zero attached hydrogens (tertiary/aromatic N) is 3. The molecule has 0 radical (unpaired) electrons. The van der Waals surface area contributed by atoms with E-state index in [-0.39, 0.29) is 5.91 Å². The van der Waals surface area contributed by atoms with Crippen molar-refractivity contribution in [2.45, 2.75) is 25.9 Å². The van der Waals surface area contributed by atoms with Gasteiger partial charge in [-0.25, -0.2) is 0 Å². The molecule has 1 heterocycles. The van der Waals surface area contributed by atoms with Crippen molar-refractivity contribution in [3.05, 3.63) is 47.8 Å². The molecule has 1 aromatic heterocycles. The molecule has 0 spiro atoms. The second-order valence-corrected chi connectivity index (χ2v) is 4.52. The Bertz CT molecular complexity index is 538. The highest BCUT2D eigenvalue weighted by molar-refractivity contribution is 5.78. The van der Waals surface area contributed by atoms with E-state index in [2.05, 4.69) is 15.6 Å². The predicted octanol–water partition coefficient (Wildman–Crippen LogP) is 0.486. The molecule has 0 saturated carbocycles. The van der Waals surface area contributed by atoms with Crippen LogP contribution >= 0.6 is 0 Å². The number of amides is 1. The maximum absolute atomic E-state index is 11.9. The predicted molar refractivity (Wildman–Crippen MR) is 75.7 cm³/mol. The van der Waals surface area contributed by atoms with E-state index in [4.69, 9.17) is 5.73 Å². The fourth-order valence-corrected chi connectivity index (χ4v) is 1.99. The molecule has 20 heavy (non-hydrogen) atoms. The number of aromatic nitrogens is 3. The highest BCUT2D eigenvalue weighted by atomic mass is 16.1. The molecule has 106 valence electrons. The lowest BCUT2D eigenvalue weighted by Gasteiger charge is -2.08. The Kier molecular flexibility index (Phi) is 5.25. The van der Waals surface area contributed by atoms with Gasteiger partial charge < -0.3 is 11.1 Å². The van der Waals surface area contributed by atoms with E-state index in [0.29, 0.717) is 19.5 Å². The highest BCUT2D eigenvalue weighted by Gasteiger charge is 2.06. The van der Waals surface area contributed by atoms with Crippen LogP contribution in [0, 0.1) is 0 Å². The molecular weight excluding hydrogens is 254 g/mol. The fourth-order valence-electron chi connectivity index (χ4n) is 1.99. The monoisotopic (exact) mass is 273 g/mol. The third-order valence-corrected chi connectivity index (χ3v) is 3.05. The second kappa shape index (κ2) is 7.40. The topological polar surface area (TPSA) is 85.8 Å². The molecule has 0 saturated heterocycles. The molecule has 1 aromatic carbocycles. The summed E-state index contributed by atoms with van der Waals surface area (Å²) >= 11 is 0. The first kappa shape index (κ1) is 14.2. The van der Waals surface area contributed by atoms with E-state index in [9.17, 15) is 4.79 Å². The molecule has 2 aromatic rings. The summed E-state index contributed by atoms with van der Waals surface area (Å²) in [6.07, 6.45) is 4.64. The van der Waals surface area contributed by atoms with Crippen LogP contribution in [0.1, 0.15) is 17.5 Å². The Hall–Kier alpha value is -2.21. The maximum Gasteiger partial charge on any atom is 0.224 e. The van der Waals surface area contributed by atoms with E-state index in [1.54, 1.807) is 17.1 Å². The molecule has 0 fully saturated rings. The van der Waals surface area contributed by atoms with Gasteiger partial charge in [0.2, 0.25) is 5.91 Å². The first-order valence-electron chi connectivity index (χ1n) is 6.67. The minimum Gasteiger partial charge on any atom is -0.356 e. The summed E-state index contributed by atoms with van der Waals surface area (Å²) in [5, 5.41) is 10.5. The second-order valence-electron chi connectivity index (χ2n) is 4.52. The number of nitrogens with two attached hydrogens (primary N) is 1. The zero-order valence-electron chi connectivity index (χ0n) is 11.3. The van der Waals surface area contributed by atoms with Gasteiger partial charge >= 0.3 is 0 Å². The number of rotatable bonds is 7. The molecule has 1 amide bonds. The van der Waals surface area contributed by atoms with Gasteiger partial charge in [-0.2, -0.15) is 0 Å². The van der Waals surface area contributed by atoms with Crippen LogP contribution in [0.3, 0.4) is 0 Å². The van der Waals surface area contributed by atoms with Crippen LogP contribution in [0.15, 0.2) is 36.7 Å². The molecular formula is C14H19N5O. The van der Waals surface area contributed by atoms with Crippen molar-refractivity contribution in [2.75, 3.05) is 6.54 Å². The van der Waals surface area contributed by atoms with Gasteiger partial charge in [-0.3, -0.25) is 9.48 Å². The number of hydrogen-bond donors (Lipinski definition) is 2. The standard InChI is InChI=1S/C14H19N5O/c15-11-13-5-2-1-4-12(13)10-14(20)16-6-3-8-19-9-7-17-18-19/h1-2,4-5,7,9H,3,6,8,10-11,15H2,(H,16,20). The molecule has 0 unspecified atom stereocenters. The van der Waals surface area contributed by atoms with Crippen molar-refractivity contribution >= 4 is 5.91 Å². The number of carbonyl (C=O) groups excluding carboxylic acids is 1. The zero-order valence-corrected chi connectivity index (χ0v) is 11.3. The lowest BCUT2D eigenvalue weighted by atomic mass is 10.0. The Balaban J connectivity index is 1.72. The van der Waals surface area contributed by atoms with E-state index in [1.165, 1.54) is 0 Å². The van der Waals surface area contributed by atoms with Gasteiger partial charge in [0.15, 0.2) is 0 Å². The van der Waals surface area contributed by atoms with Crippen LogP contribution in [0.2, 0.25) is 0 Å². The van der Waals surface area contributed by atoms with Crippen molar-refractivity contribution in [1.82, 2.24) is 20.3 Å². The van der Waals surface area contributed by atoms with E-state index in [0.717, 1.165) is 24.1 Å². The molecule has 0 aliphatic heterocycles. The molecule has 6 heteroatoms. The lowest BCUT2D eigenvalue weighted by molar-refractivity contribution is -0.120. The van der Waals surface area contributed by atoms with Crippen LogP contribution in [0.5, 0.6) is 0 Å². The van der Waals surface area contributed by atoms with E-state index in [1.807, 2.05) is 24.3 Å². The van der Waals surface area contributed by atoms with Crippen molar-refractivity contribution in [2.24, 2.45) is 5.73 Å². The van der Waals surface area contributed by atoms with Crippen LogP contribution in [-0.4, -0.2) is 27.4 Å². The van der Waals surface area contributed by atoms with Gasteiger partial charge in [-0.05, 0) is 17.5 Å². The average Bonchev–Trinajstić information content (AvgIpc) is 2.97. The maximum atomic E-state index is 11.9. The van der Waals surface area contributed by atoms with Gasteiger partial charge in [0.25, 0.3) is 0 Å². The van der Waals surface area contributed by atoms with Crippen LogP contribution in [0.4, 0.5) is 0 Å². The van der Waals surface area contributed by atoms with Crippen LogP contribution in [0.25, 0.3) is 0 Å². The van der Waals surface area contributed by atoms with Crippen molar-refractivity contribution in [3.8, 4) is 0 Å². The SMILES string of the molecule is NCc1ccccc1CC(=O)NCCCn1ccnn1. The molecule has 0 aliphatic carbocycles. The van der Waals surface area contributed by atoms with Crippen molar-refractivity contribution in [1.29, 1.82) is 0 Å². The first-order chi connectivity index (χ1) is 9.79. The Morgan fingerprint density at radius 2 is 2.10 bits per heavy atom. The summed E-state index contributed by atoms with van der Waals surface area (Å²) in [6.45, 7) is 1.83. The summed E-state index contributed by atoms with van der Waals surface area (Å²) in [7, 11) is 0. The van der Waals surface area contributed by atoms with Gasteiger partial charge in [0.1, 0.15) is 0 Å². The fraction of sp³-hybridized carbons (Fsp3) is 0.357. The summed E-state index contributed by atoms with van der Waals surface area (Å²) in [5.74, 6) is 0.0180. The molecule has 0 bridgehead atoms. The molecule has 0 atom stereocenters. The average molecular weight is 273 g/mol. The van der Waals surface area contributed by atoms with E-state index < -0.39 is 0 Å². The molecule has 0 aliphatic rings. The largest absolute Gasteiger partial charge is 0.356 e. The summed E-state index contributed by atoms with van der Waals surface area (Å²) in [6, 6.07) is 7.75. The third-order valence-electron chi connectivity index (χ3n) is 3.05. The number of carbonyl (C=O) groups is 1. The smallest absolute Gasteiger partial charge is 0.224 e. The van der Waals surface area contributed by atoms with Crippen molar-refractivity contribution in [3.63, 3.8) is 0 Å². The Labute approximate surface area is 118 Å². The highest BCUT2D eigenvalue weighted by Crippen LogP contribution is 2.08. The minimum atomic E-state index is 0.0180. The normalized spacial score (nSPS) is 10.4. The Morgan fingerprint density at radius 3 is 2.80 bits per heavy atom. The number of hydrogen-bond acceptors (Lipinski definition) is 4. The summed E-state index contributed by atoms with van der Waals surface area (Å²) < 4.78 is 1.75. The molecule has 2 rings (SSSR count). The number of nitrogens with one attached hydrogen (secondary N) is 1. The van der Waals surface area contributed by atoms with Gasteiger partial charge in [0, 0.05) is 25.8 Å². The van der Waals surface area contributed by atoms with Gasteiger partial charge in [-0.1, -0.05) is 29.5 Å². The molecule has 6 nitrogen and oxygen atoms in total. The van der Waals surface area contributed by atoms with Gasteiger partial charge in [-0.15, -0.1) is 5.10 Å². The molecule has 3 N–H and O–H groups in total. The number of aryl methyl sites for hydroxylation is 1. The van der Waals surface area contributed by atoms with E-state index >= 15 is 0 Å². The van der Waals surface area contributed by atoms with Crippen LogP contribution in [-0.2, 0) is 24.3 Å². The summed E-state index contributed by atoms with van der Waals surface area (Å²) in [4.78, 5) is 11.9. The quantitative estimate of drug-likeness (QED) is 0.719. The Morgan fingerprint density at radius 1 is 1.30 bits per heavy atom.